The number of aromatic nitrogens is 2. The van der Waals surface area contributed by atoms with Gasteiger partial charge in [-0.25, -0.2) is 9.31 Å². The molecule has 2 aliphatic heterocycles. The number of imide groups is 1. The molecule has 2 fully saturated rings. The van der Waals surface area contributed by atoms with Gasteiger partial charge in [-0.05, 0) is 23.6 Å². The van der Waals surface area contributed by atoms with Crippen molar-refractivity contribution in [2.24, 2.45) is 11.8 Å². The molecule has 4 rings (SSSR count). The van der Waals surface area contributed by atoms with Crippen molar-refractivity contribution in [3.8, 4) is 0 Å². The van der Waals surface area contributed by atoms with Crippen LogP contribution in [0.3, 0.4) is 0 Å². The Morgan fingerprint density at radius 3 is 2.33 bits per heavy atom. The molecule has 0 radical (unpaired) electrons. The minimum absolute atomic E-state index is 0.204. The third-order valence-corrected chi connectivity index (χ3v) is 5.68. The van der Waals surface area contributed by atoms with E-state index in [1.165, 1.54) is 12.1 Å². The molecule has 33 heavy (non-hydrogen) atoms. The summed E-state index contributed by atoms with van der Waals surface area (Å²) in [4.78, 5) is 39.7. The summed E-state index contributed by atoms with van der Waals surface area (Å²) in [6, 6.07) is 3.81. The van der Waals surface area contributed by atoms with Crippen molar-refractivity contribution in [2.75, 3.05) is 44.2 Å². The summed E-state index contributed by atoms with van der Waals surface area (Å²) in [7, 11) is 0. The summed E-state index contributed by atoms with van der Waals surface area (Å²) < 4.78 is 1.78. The summed E-state index contributed by atoms with van der Waals surface area (Å²) in [5.74, 6) is 0.682. The standard InChI is InChI=1S/C20H28N6O2.C4H8O/c1-15(2)13-23-7-9-24(10-8-23)14-16-3-6-26-17(11-16)18(12-21-26)25-5-4-19(27)22-20(25)28;1-4(2)3-5/h3,6,11-12,15H,4-5,7-10,13-14H2,1-2H3,(H,22,27,28);3-4H,1-2H3. The topological polar surface area (TPSA) is 90.3 Å². The number of nitrogens with zero attached hydrogens (tertiary/aromatic N) is 5. The van der Waals surface area contributed by atoms with Crippen LogP contribution in [0.1, 0.15) is 39.7 Å². The van der Waals surface area contributed by atoms with Gasteiger partial charge in [-0.1, -0.05) is 27.7 Å². The average molecular weight is 457 g/mol. The number of amides is 3. The third-order valence-electron chi connectivity index (χ3n) is 5.68. The number of fused-ring (bicyclic) bond motifs is 1. The average Bonchev–Trinajstić information content (AvgIpc) is 3.18. The minimum atomic E-state index is -0.377. The lowest BCUT2D eigenvalue weighted by atomic mass is 10.1. The number of carbonyl (C=O) groups is 3. The van der Waals surface area contributed by atoms with E-state index in [9.17, 15) is 14.4 Å². The summed E-state index contributed by atoms with van der Waals surface area (Å²) >= 11 is 0. The van der Waals surface area contributed by atoms with E-state index in [0.717, 1.165) is 50.2 Å². The van der Waals surface area contributed by atoms with Gasteiger partial charge < -0.3 is 9.69 Å². The molecule has 180 valence electrons. The highest BCUT2D eigenvalue weighted by Gasteiger charge is 2.26. The monoisotopic (exact) mass is 456 g/mol. The van der Waals surface area contributed by atoms with E-state index in [-0.39, 0.29) is 17.9 Å². The number of anilines is 1. The number of urea groups is 1. The predicted octanol–water partition coefficient (Wildman–Crippen LogP) is 2.40. The van der Waals surface area contributed by atoms with Crippen molar-refractivity contribution in [3.63, 3.8) is 0 Å². The molecule has 9 nitrogen and oxygen atoms in total. The van der Waals surface area contributed by atoms with Gasteiger partial charge in [0.15, 0.2) is 0 Å². The lowest BCUT2D eigenvalue weighted by Gasteiger charge is -2.35. The maximum atomic E-state index is 12.2. The molecular weight excluding hydrogens is 420 g/mol. The van der Waals surface area contributed by atoms with Gasteiger partial charge in [0.25, 0.3) is 0 Å². The number of rotatable bonds is 6. The van der Waals surface area contributed by atoms with Crippen molar-refractivity contribution in [2.45, 2.75) is 40.7 Å². The third kappa shape index (κ3) is 6.85. The summed E-state index contributed by atoms with van der Waals surface area (Å²) in [5, 5.41) is 6.74. The van der Waals surface area contributed by atoms with Crippen molar-refractivity contribution in [1.82, 2.24) is 24.7 Å². The zero-order valence-electron chi connectivity index (χ0n) is 20.2. The molecule has 2 aromatic heterocycles. The van der Waals surface area contributed by atoms with Gasteiger partial charge in [-0.3, -0.25) is 19.9 Å². The second-order valence-electron chi connectivity index (χ2n) is 9.50. The number of piperazine rings is 1. The quantitative estimate of drug-likeness (QED) is 0.672. The second-order valence-corrected chi connectivity index (χ2v) is 9.50. The summed E-state index contributed by atoms with van der Waals surface area (Å²) in [5.41, 5.74) is 2.84. The smallest absolute Gasteiger partial charge is 0.303 e. The van der Waals surface area contributed by atoms with Gasteiger partial charge in [-0.15, -0.1) is 0 Å². The van der Waals surface area contributed by atoms with Gasteiger partial charge in [0.05, 0.1) is 17.4 Å². The fourth-order valence-electron chi connectivity index (χ4n) is 4.02. The Hall–Kier alpha value is -2.78. The number of aldehydes is 1. The first-order chi connectivity index (χ1) is 15.8. The van der Waals surface area contributed by atoms with Gasteiger partial charge >= 0.3 is 6.03 Å². The van der Waals surface area contributed by atoms with Crippen LogP contribution in [0.15, 0.2) is 24.5 Å². The van der Waals surface area contributed by atoms with Gasteiger partial charge in [0.2, 0.25) is 5.91 Å². The maximum absolute atomic E-state index is 12.2. The largest absolute Gasteiger partial charge is 0.328 e. The Labute approximate surface area is 195 Å². The molecule has 0 aromatic carbocycles. The van der Waals surface area contributed by atoms with Crippen molar-refractivity contribution in [3.05, 3.63) is 30.1 Å². The van der Waals surface area contributed by atoms with Gasteiger partial charge in [0, 0.05) is 64.3 Å². The molecule has 0 bridgehead atoms. The Bertz CT molecular complexity index is 962. The molecule has 0 spiro atoms. The maximum Gasteiger partial charge on any atom is 0.328 e. The van der Waals surface area contributed by atoms with Crippen molar-refractivity contribution in [1.29, 1.82) is 0 Å². The summed E-state index contributed by atoms with van der Waals surface area (Å²) in [6.07, 6.45) is 4.86. The first kappa shape index (κ1) is 24.9. The molecule has 2 aliphatic rings. The zero-order chi connectivity index (χ0) is 24.0. The van der Waals surface area contributed by atoms with E-state index in [0.29, 0.717) is 18.9 Å². The number of nitrogens with one attached hydrogen (secondary N) is 1. The van der Waals surface area contributed by atoms with Crippen molar-refractivity contribution >= 4 is 29.4 Å². The van der Waals surface area contributed by atoms with E-state index in [2.05, 4.69) is 46.2 Å². The van der Waals surface area contributed by atoms with E-state index in [1.54, 1.807) is 15.6 Å². The molecular formula is C24H36N6O3. The Balaban J connectivity index is 0.000000555. The van der Waals surface area contributed by atoms with Crippen LogP contribution in [-0.2, 0) is 16.1 Å². The molecule has 2 saturated heterocycles. The van der Waals surface area contributed by atoms with E-state index >= 15 is 0 Å². The molecule has 0 saturated carbocycles. The van der Waals surface area contributed by atoms with Crippen LogP contribution in [0.4, 0.5) is 10.5 Å². The van der Waals surface area contributed by atoms with Crippen LogP contribution in [0.5, 0.6) is 0 Å². The second kappa shape index (κ2) is 11.4. The number of pyridine rings is 1. The number of carbonyl (C=O) groups excluding carboxylic acids is 3. The van der Waals surface area contributed by atoms with Crippen molar-refractivity contribution < 1.29 is 14.4 Å². The van der Waals surface area contributed by atoms with Crippen LogP contribution in [0, 0.1) is 11.8 Å². The highest BCUT2D eigenvalue weighted by molar-refractivity contribution is 6.07. The highest BCUT2D eigenvalue weighted by Crippen LogP contribution is 2.24. The fourth-order valence-corrected chi connectivity index (χ4v) is 4.02. The van der Waals surface area contributed by atoms with E-state index < -0.39 is 0 Å². The lowest BCUT2D eigenvalue weighted by Crippen LogP contribution is -2.49. The van der Waals surface area contributed by atoms with Crippen LogP contribution in [0.2, 0.25) is 0 Å². The zero-order valence-corrected chi connectivity index (χ0v) is 20.2. The minimum Gasteiger partial charge on any atom is -0.303 e. The van der Waals surface area contributed by atoms with Crippen LogP contribution in [-0.4, -0.2) is 76.9 Å². The fraction of sp³-hybridized carbons (Fsp3) is 0.583. The lowest BCUT2D eigenvalue weighted by molar-refractivity contribution is -0.120. The molecule has 0 atom stereocenters. The molecule has 9 heteroatoms. The van der Waals surface area contributed by atoms with E-state index in [1.807, 2.05) is 20.0 Å². The molecule has 2 aromatic rings. The van der Waals surface area contributed by atoms with Gasteiger partial charge in [0.1, 0.15) is 6.29 Å². The normalized spacial score (nSPS) is 17.9. The Morgan fingerprint density at radius 2 is 1.73 bits per heavy atom. The number of hydrogen-bond donors (Lipinski definition) is 1. The number of hydrogen-bond acceptors (Lipinski definition) is 6. The van der Waals surface area contributed by atoms with Crippen LogP contribution < -0.4 is 10.2 Å². The Kier molecular flexibility index (Phi) is 8.57. The Morgan fingerprint density at radius 1 is 1.06 bits per heavy atom. The molecule has 1 N–H and O–H groups in total. The van der Waals surface area contributed by atoms with Crippen LogP contribution >= 0.6 is 0 Å². The first-order valence-corrected chi connectivity index (χ1v) is 11.7. The predicted molar refractivity (Wildman–Crippen MR) is 128 cm³/mol. The molecule has 3 amide bonds. The van der Waals surface area contributed by atoms with Crippen LogP contribution in [0.25, 0.3) is 5.52 Å². The molecule has 0 aliphatic carbocycles. The van der Waals surface area contributed by atoms with Gasteiger partial charge in [-0.2, -0.15) is 5.10 Å². The molecule has 4 heterocycles. The molecule has 0 unspecified atom stereocenters. The summed E-state index contributed by atoms with van der Waals surface area (Å²) in [6.45, 7) is 15.0. The highest BCUT2D eigenvalue weighted by atomic mass is 16.2. The van der Waals surface area contributed by atoms with E-state index in [4.69, 9.17) is 0 Å². The SMILES string of the molecule is CC(C)C=O.CC(C)CN1CCN(Cc2ccn3ncc(N4CCC(=O)NC4=O)c3c2)CC1. The first-order valence-electron chi connectivity index (χ1n) is 11.7.